The Balaban J connectivity index is 3.00. The van der Waals surface area contributed by atoms with E-state index < -0.39 is 7.32 Å². The molecule has 0 aromatic carbocycles. The van der Waals surface area contributed by atoms with Gasteiger partial charge in [0.1, 0.15) is 0 Å². The Morgan fingerprint density at radius 1 is 1.06 bits per heavy atom. The molecule has 94 valence electrons. The van der Waals surface area contributed by atoms with Crippen LogP contribution in [0.2, 0.25) is 0 Å². The van der Waals surface area contributed by atoms with E-state index in [-0.39, 0.29) is 0 Å². The number of hydrogen-bond acceptors (Lipinski definition) is 3. The molecule has 0 aliphatic rings. The van der Waals surface area contributed by atoms with Crippen LogP contribution in [0.25, 0.3) is 0 Å². The molecule has 0 saturated heterocycles. The summed E-state index contributed by atoms with van der Waals surface area (Å²) in [5.41, 5.74) is 0. The Labute approximate surface area is 100 Å². The highest BCUT2D eigenvalue weighted by Gasteiger charge is 2.14. The van der Waals surface area contributed by atoms with Gasteiger partial charge >= 0.3 is 7.32 Å². The molecular weight excluding hydrogens is 203 g/mol. The van der Waals surface area contributed by atoms with E-state index in [4.69, 9.17) is 9.68 Å². The lowest BCUT2D eigenvalue weighted by Gasteiger charge is -2.05. The maximum Gasteiger partial charge on any atom is 0.709 e. The normalized spacial score (nSPS) is 10.1. The van der Waals surface area contributed by atoms with Gasteiger partial charge in [-0.05, 0) is 6.42 Å². The highest BCUT2D eigenvalue weighted by Crippen LogP contribution is 2.08. The van der Waals surface area contributed by atoms with Crippen molar-refractivity contribution in [2.45, 2.75) is 58.3 Å². The molecule has 0 heterocycles. The van der Waals surface area contributed by atoms with Gasteiger partial charge < -0.3 is 14.3 Å². The Morgan fingerprint density at radius 2 is 1.62 bits per heavy atom. The monoisotopic (exact) mass is 228 g/mol. The maximum atomic E-state index is 9.03. The molecule has 3 nitrogen and oxygen atoms in total. The highest BCUT2D eigenvalue weighted by atomic mass is 16.7. The standard InChI is InChI=1S/C12H25BO3/c1-3-5-6-7-8-9-10-11-12-16-13(14)15-4-2/h4,14H,2-3,5-12H2,1H3. The molecule has 16 heavy (non-hydrogen) atoms. The summed E-state index contributed by atoms with van der Waals surface area (Å²) in [6.45, 7) is 6.11. The van der Waals surface area contributed by atoms with Crippen LogP contribution in [0, 0.1) is 0 Å². The van der Waals surface area contributed by atoms with Crippen LogP contribution in [0.3, 0.4) is 0 Å². The van der Waals surface area contributed by atoms with Crippen LogP contribution in [0.15, 0.2) is 12.8 Å². The van der Waals surface area contributed by atoms with Gasteiger partial charge in [0.05, 0.1) is 6.26 Å². The molecule has 4 heteroatoms. The third-order valence-electron chi connectivity index (χ3n) is 2.47. The summed E-state index contributed by atoms with van der Waals surface area (Å²) < 4.78 is 9.60. The minimum atomic E-state index is -1.15. The number of unbranched alkanes of at least 4 members (excludes halogenated alkanes) is 7. The second kappa shape index (κ2) is 12.6. The molecule has 0 aromatic rings. The lowest BCUT2D eigenvalue weighted by atomic mass is 10.1. The lowest BCUT2D eigenvalue weighted by molar-refractivity contribution is 0.172. The van der Waals surface area contributed by atoms with E-state index in [2.05, 4.69) is 18.2 Å². The second-order valence-corrected chi connectivity index (χ2v) is 3.96. The fourth-order valence-electron chi connectivity index (χ4n) is 1.54. The van der Waals surface area contributed by atoms with Crippen molar-refractivity contribution in [1.82, 2.24) is 0 Å². The van der Waals surface area contributed by atoms with E-state index in [0.29, 0.717) is 6.61 Å². The first-order valence-electron chi connectivity index (χ1n) is 6.37. The summed E-state index contributed by atoms with van der Waals surface area (Å²) in [6.07, 6.45) is 11.2. The Morgan fingerprint density at radius 3 is 2.19 bits per heavy atom. The first-order valence-corrected chi connectivity index (χ1v) is 6.37. The molecule has 1 N–H and O–H groups in total. The molecule has 0 aromatic heterocycles. The van der Waals surface area contributed by atoms with Crippen molar-refractivity contribution in [1.29, 1.82) is 0 Å². The first-order chi connectivity index (χ1) is 7.81. The van der Waals surface area contributed by atoms with Gasteiger partial charge in [-0.2, -0.15) is 0 Å². The fraction of sp³-hybridized carbons (Fsp3) is 0.833. The molecule has 0 atom stereocenters. The van der Waals surface area contributed by atoms with Crippen molar-refractivity contribution in [3.05, 3.63) is 12.8 Å². The van der Waals surface area contributed by atoms with Crippen molar-refractivity contribution in [2.75, 3.05) is 6.61 Å². The molecule has 0 radical (unpaired) electrons. The molecule has 0 rings (SSSR count). The van der Waals surface area contributed by atoms with Gasteiger partial charge in [-0.3, -0.25) is 0 Å². The topological polar surface area (TPSA) is 38.7 Å². The smallest absolute Gasteiger partial charge is 0.519 e. The van der Waals surface area contributed by atoms with Crippen molar-refractivity contribution in [3.63, 3.8) is 0 Å². The van der Waals surface area contributed by atoms with Crippen molar-refractivity contribution >= 4 is 7.32 Å². The zero-order valence-electron chi connectivity index (χ0n) is 10.5. The van der Waals surface area contributed by atoms with E-state index >= 15 is 0 Å². The van der Waals surface area contributed by atoms with Crippen LogP contribution in [0.1, 0.15) is 58.3 Å². The van der Waals surface area contributed by atoms with Crippen LogP contribution >= 0.6 is 0 Å². The van der Waals surface area contributed by atoms with Crippen molar-refractivity contribution in [3.8, 4) is 0 Å². The zero-order valence-corrected chi connectivity index (χ0v) is 10.5. The minimum Gasteiger partial charge on any atom is -0.519 e. The Hall–Kier alpha value is -0.475. The van der Waals surface area contributed by atoms with Gasteiger partial charge in [0, 0.05) is 6.61 Å². The Kier molecular flexibility index (Phi) is 12.2. The maximum absolute atomic E-state index is 9.03. The van der Waals surface area contributed by atoms with Crippen LogP contribution in [-0.4, -0.2) is 19.0 Å². The highest BCUT2D eigenvalue weighted by molar-refractivity contribution is 6.34. The third kappa shape index (κ3) is 11.6. The second-order valence-electron chi connectivity index (χ2n) is 3.96. The predicted octanol–water partition coefficient (Wildman–Crippen LogP) is 3.28. The molecule has 0 aliphatic carbocycles. The van der Waals surface area contributed by atoms with Crippen LogP contribution < -0.4 is 0 Å². The quantitative estimate of drug-likeness (QED) is 0.316. The van der Waals surface area contributed by atoms with Crippen molar-refractivity contribution < 1.29 is 14.3 Å². The summed E-state index contributed by atoms with van der Waals surface area (Å²) in [5, 5.41) is 9.03. The zero-order chi connectivity index (χ0) is 12.1. The van der Waals surface area contributed by atoms with Gasteiger partial charge in [-0.15, -0.1) is 0 Å². The SMILES string of the molecule is C=COB(O)OCCCCCCCCCC. The van der Waals surface area contributed by atoms with Crippen LogP contribution in [-0.2, 0) is 9.31 Å². The van der Waals surface area contributed by atoms with Gasteiger partial charge in [0.2, 0.25) is 0 Å². The molecule has 0 bridgehead atoms. The van der Waals surface area contributed by atoms with E-state index in [1.165, 1.54) is 44.8 Å². The number of hydrogen-bond donors (Lipinski definition) is 1. The lowest BCUT2D eigenvalue weighted by Crippen LogP contribution is -2.20. The summed E-state index contributed by atoms with van der Waals surface area (Å²) >= 11 is 0. The average Bonchev–Trinajstić information content (AvgIpc) is 2.27. The molecule has 0 spiro atoms. The fourth-order valence-corrected chi connectivity index (χ4v) is 1.54. The van der Waals surface area contributed by atoms with E-state index in [0.717, 1.165) is 12.8 Å². The average molecular weight is 228 g/mol. The third-order valence-corrected chi connectivity index (χ3v) is 2.47. The van der Waals surface area contributed by atoms with E-state index in [9.17, 15) is 0 Å². The summed E-state index contributed by atoms with van der Waals surface area (Å²) in [6, 6.07) is 0. The molecular formula is C12H25BO3. The van der Waals surface area contributed by atoms with Gasteiger partial charge in [0.15, 0.2) is 0 Å². The first kappa shape index (κ1) is 15.5. The largest absolute Gasteiger partial charge is 0.709 e. The van der Waals surface area contributed by atoms with Crippen LogP contribution in [0.4, 0.5) is 0 Å². The molecule has 0 fully saturated rings. The molecule has 0 amide bonds. The van der Waals surface area contributed by atoms with E-state index in [1.54, 1.807) is 0 Å². The van der Waals surface area contributed by atoms with Gasteiger partial charge in [0.25, 0.3) is 0 Å². The van der Waals surface area contributed by atoms with Gasteiger partial charge in [-0.1, -0.05) is 58.4 Å². The summed E-state index contributed by atoms with van der Waals surface area (Å²) in [4.78, 5) is 0. The van der Waals surface area contributed by atoms with Crippen LogP contribution in [0.5, 0.6) is 0 Å². The number of rotatable bonds is 12. The molecule has 0 aliphatic heterocycles. The summed E-state index contributed by atoms with van der Waals surface area (Å²) in [5.74, 6) is 0. The molecule has 0 unspecified atom stereocenters. The summed E-state index contributed by atoms with van der Waals surface area (Å²) in [7, 11) is -1.15. The van der Waals surface area contributed by atoms with E-state index in [1.807, 2.05) is 0 Å². The molecule has 0 saturated carbocycles. The Bertz CT molecular complexity index is 153. The van der Waals surface area contributed by atoms with Gasteiger partial charge in [-0.25, -0.2) is 0 Å². The minimum absolute atomic E-state index is 0.546. The van der Waals surface area contributed by atoms with Crippen molar-refractivity contribution in [2.24, 2.45) is 0 Å². The predicted molar refractivity (Wildman–Crippen MR) is 67.8 cm³/mol.